The summed E-state index contributed by atoms with van der Waals surface area (Å²) >= 11 is 0. The summed E-state index contributed by atoms with van der Waals surface area (Å²) < 4.78 is 28.5. The number of sulfone groups is 1. The molecule has 0 unspecified atom stereocenters. The minimum absolute atomic E-state index is 0.201. The lowest BCUT2D eigenvalue weighted by Gasteiger charge is -2.01. The van der Waals surface area contributed by atoms with Gasteiger partial charge in [0.2, 0.25) is 5.91 Å². The lowest BCUT2D eigenvalue weighted by atomic mass is 10.2. The normalized spacial score (nSPS) is 11.7. The number of nitrogens with zero attached hydrogens (tertiary/aromatic N) is 1. The molecular formula is C15H16N2O4S. The number of nitrogens with one attached hydrogen (secondary N) is 1. The molecule has 0 bridgehead atoms. The highest BCUT2D eigenvalue weighted by Crippen LogP contribution is 2.07. The predicted molar refractivity (Wildman–Crippen MR) is 84.0 cm³/mol. The van der Waals surface area contributed by atoms with E-state index < -0.39 is 21.5 Å². The van der Waals surface area contributed by atoms with Crippen molar-refractivity contribution in [2.24, 2.45) is 0 Å². The molecule has 0 aliphatic carbocycles. The Labute approximate surface area is 128 Å². The molecule has 0 radical (unpaired) electrons. The van der Waals surface area contributed by atoms with E-state index in [1.165, 1.54) is 12.1 Å². The van der Waals surface area contributed by atoms with Crippen LogP contribution in [0.1, 0.15) is 11.3 Å². The van der Waals surface area contributed by atoms with Crippen LogP contribution in [-0.2, 0) is 14.6 Å². The first-order valence-corrected chi connectivity index (χ1v) is 8.42. The summed E-state index contributed by atoms with van der Waals surface area (Å²) in [5.41, 5.74) is 0.903. The summed E-state index contributed by atoms with van der Waals surface area (Å²) in [6, 6.07) is 10.8. The second kappa shape index (κ2) is 7.04. The fourth-order valence-electron chi connectivity index (χ4n) is 1.76. The van der Waals surface area contributed by atoms with Crippen LogP contribution in [0.5, 0.6) is 0 Å². The molecule has 1 heterocycles. The van der Waals surface area contributed by atoms with Gasteiger partial charge in [-0.05, 0) is 12.5 Å². The monoisotopic (exact) mass is 320 g/mol. The lowest BCUT2D eigenvalue weighted by Crippen LogP contribution is -2.24. The van der Waals surface area contributed by atoms with Crippen molar-refractivity contribution in [1.29, 1.82) is 0 Å². The number of hydrogen-bond donors (Lipinski definition) is 1. The lowest BCUT2D eigenvalue weighted by molar-refractivity contribution is -0.113. The Morgan fingerprint density at radius 1 is 1.32 bits per heavy atom. The molecule has 1 aromatic carbocycles. The minimum atomic E-state index is -3.52. The van der Waals surface area contributed by atoms with Crippen LogP contribution in [0.3, 0.4) is 0 Å². The van der Waals surface area contributed by atoms with E-state index in [1.54, 1.807) is 13.0 Å². The van der Waals surface area contributed by atoms with Gasteiger partial charge in [0, 0.05) is 6.07 Å². The summed E-state index contributed by atoms with van der Waals surface area (Å²) in [5.74, 6) is -0.701. The van der Waals surface area contributed by atoms with Gasteiger partial charge < -0.3 is 9.84 Å². The molecule has 1 N–H and O–H groups in total. The Bertz CT molecular complexity index is 764. The van der Waals surface area contributed by atoms with Crippen LogP contribution in [0.2, 0.25) is 0 Å². The Balaban J connectivity index is 1.88. The van der Waals surface area contributed by atoms with Crippen LogP contribution in [-0.4, -0.2) is 31.0 Å². The predicted octanol–water partition coefficient (Wildman–Crippen LogP) is 2.05. The van der Waals surface area contributed by atoms with E-state index in [9.17, 15) is 13.2 Å². The molecule has 2 aromatic rings. The molecular weight excluding hydrogens is 304 g/mol. The summed E-state index contributed by atoms with van der Waals surface area (Å²) in [7, 11) is -3.52. The maximum Gasteiger partial charge on any atom is 0.240 e. The summed E-state index contributed by atoms with van der Waals surface area (Å²) in [4.78, 5) is 11.7. The number of carbonyl (C=O) groups is 1. The smallest absolute Gasteiger partial charge is 0.240 e. The first-order chi connectivity index (χ1) is 10.4. The van der Waals surface area contributed by atoms with E-state index in [1.807, 2.05) is 30.3 Å². The SMILES string of the molecule is Cc1cc(NC(=O)CS(=O)(=O)CC=Cc2ccccc2)no1. The van der Waals surface area contributed by atoms with E-state index in [0.29, 0.717) is 5.76 Å². The third-order valence-corrected chi connectivity index (χ3v) is 4.11. The Morgan fingerprint density at radius 2 is 2.05 bits per heavy atom. The van der Waals surface area contributed by atoms with Crippen molar-refractivity contribution in [3.63, 3.8) is 0 Å². The molecule has 6 nitrogen and oxygen atoms in total. The molecule has 1 aromatic heterocycles. The van der Waals surface area contributed by atoms with Gasteiger partial charge in [0.05, 0.1) is 5.75 Å². The van der Waals surface area contributed by atoms with Crippen molar-refractivity contribution in [3.05, 3.63) is 53.8 Å². The van der Waals surface area contributed by atoms with E-state index in [-0.39, 0.29) is 11.6 Å². The Kier molecular flexibility index (Phi) is 5.11. The largest absolute Gasteiger partial charge is 0.360 e. The number of anilines is 1. The van der Waals surface area contributed by atoms with Crippen LogP contribution in [0.4, 0.5) is 5.82 Å². The average Bonchev–Trinajstić information content (AvgIpc) is 2.84. The molecule has 0 fully saturated rings. The molecule has 2 rings (SSSR count). The summed E-state index contributed by atoms with van der Waals surface area (Å²) in [6.07, 6.45) is 3.23. The van der Waals surface area contributed by atoms with Gasteiger partial charge in [-0.25, -0.2) is 8.42 Å². The van der Waals surface area contributed by atoms with Gasteiger partial charge in [-0.1, -0.05) is 47.6 Å². The Morgan fingerprint density at radius 3 is 2.68 bits per heavy atom. The molecule has 1 amide bonds. The molecule has 7 heteroatoms. The third-order valence-electron chi connectivity index (χ3n) is 2.71. The Hall–Kier alpha value is -2.41. The van der Waals surface area contributed by atoms with Crippen molar-refractivity contribution < 1.29 is 17.7 Å². The van der Waals surface area contributed by atoms with Gasteiger partial charge in [-0.3, -0.25) is 4.79 Å². The molecule has 0 spiro atoms. The molecule has 0 atom stereocenters. The highest BCUT2D eigenvalue weighted by molar-refractivity contribution is 7.92. The van der Waals surface area contributed by atoms with E-state index in [0.717, 1.165) is 5.56 Å². The molecule has 22 heavy (non-hydrogen) atoms. The molecule has 0 saturated carbocycles. The summed E-state index contributed by atoms with van der Waals surface area (Å²) in [6.45, 7) is 1.67. The molecule has 0 aliphatic heterocycles. The van der Waals surface area contributed by atoms with Crippen molar-refractivity contribution in [1.82, 2.24) is 5.16 Å². The highest BCUT2D eigenvalue weighted by atomic mass is 32.2. The van der Waals surface area contributed by atoms with Crippen LogP contribution < -0.4 is 5.32 Å². The van der Waals surface area contributed by atoms with Gasteiger partial charge in [-0.2, -0.15) is 0 Å². The number of amides is 1. The number of aromatic nitrogens is 1. The number of carbonyl (C=O) groups excluding carboxylic acids is 1. The maximum atomic E-state index is 11.9. The van der Waals surface area contributed by atoms with Crippen LogP contribution in [0.25, 0.3) is 6.08 Å². The maximum absolute atomic E-state index is 11.9. The van der Waals surface area contributed by atoms with Crippen LogP contribution >= 0.6 is 0 Å². The third kappa shape index (κ3) is 5.17. The van der Waals surface area contributed by atoms with E-state index in [2.05, 4.69) is 10.5 Å². The number of aryl methyl sites for hydroxylation is 1. The van der Waals surface area contributed by atoms with Crippen molar-refractivity contribution in [2.75, 3.05) is 16.8 Å². The molecule has 116 valence electrons. The zero-order chi connectivity index (χ0) is 16.0. The second-order valence-corrected chi connectivity index (χ2v) is 6.85. The first-order valence-electron chi connectivity index (χ1n) is 6.60. The number of benzene rings is 1. The average molecular weight is 320 g/mol. The van der Waals surface area contributed by atoms with Gasteiger partial charge in [-0.15, -0.1) is 0 Å². The van der Waals surface area contributed by atoms with Crippen LogP contribution in [0, 0.1) is 6.92 Å². The van der Waals surface area contributed by atoms with Gasteiger partial charge in [0.1, 0.15) is 11.5 Å². The number of rotatable bonds is 6. The highest BCUT2D eigenvalue weighted by Gasteiger charge is 2.16. The quantitative estimate of drug-likeness (QED) is 0.880. The number of hydrogen-bond acceptors (Lipinski definition) is 5. The minimum Gasteiger partial charge on any atom is -0.360 e. The zero-order valence-corrected chi connectivity index (χ0v) is 12.8. The van der Waals surface area contributed by atoms with Crippen molar-refractivity contribution >= 4 is 27.6 Å². The van der Waals surface area contributed by atoms with Gasteiger partial charge in [0.15, 0.2) is 15.7 Å². The fourth-order valence-corrected chi connectivity index (χ4v) is 2.74. The van der Waals surface area contributed by atoms with Gasteiger partial charge in [0.25, 0.3) is 0 Å². The van der Waals surface area contributed by atoms with Gasteiger partial charge >= 0.3 is 0 Å². The molecule has 0 aliphatic rings. The molecule has 0 saturated heterocycles. The van der Waals surface area contributed by atoms with Crippen molar-refractivity contribution in [2.45, 2.75) is 6.92 Å². The summed E-state index contributed by atoms with van der Waals surface area (Å²) in [5, 5.41) is 5.95. The second-order valence-electron chi connectivity index (χ2n) is 4.74. The van der Waals surface area contributed by atoms with E-state index in [4.69, 9.17) is 4.52 Å². The zero-order valence-electron chi connectivity index (χ0n) is 12.0. The fraction of sp³-hybridized carbons (Fsp3) is 0.200. The van der Waals surface area contributed by atoms with E-state index >= 15 is 0 Å². The first kappa shape index (κ1) is 16.0. The standard InChI is InChI=1S/C15H16N2O4S/c1-12-10-14(17-21-12)16-15(18)11-22(19,20)9-5-8-13-6-3-2-4-7-13/h2-8,10H,9,11H2,1H3,(H,16,17,18). The van der Waals surface area contributed by atoms with Crippen LogP contribution in [0.15, 0.2) is 47.0 Å². The van der Waals surface area contributed by atoms with Crippen molar-refractivity contribution in [3.8, 4) is 0 Å². The topological polar surface area (TPSA) is 89.3 Å².